The van der Waals surface area contributed by atoms with Gasteiger partial charge in [0.05, 0.1) is 12.7 Å². The third-order valence-corrected chi connectivity index (χ3v) is 5.86. The highest BCUT2D eigenvalue weighted by atomic mass is 16.5. The van der Waals surface area contributed by atoms with Crippen molar-refractivity contribution in [2.24, 2.45) is 0 Å². The number of Topliss-reactive ketones (excluding diaryl/α,β-unsaturated/α-hetero) is 1. The van der Waals surface area contributed by atoms with Crippen molar-refractivity contribution in [1.29, 1.82) is 0 Å². The molecule has 4 N–H and O–H groups in total. The maximum atomic E-state index is 13.2. The van der Waals surface area contributed by atoms with Gasteiger partial charge in [-0.25, -0.2) is 4.79 Å². The van der Waals surface area contributed by atoms with E-state index < -0.39 is 0 Å². The smallest absolute Gasteiger partial charge is 0.318 e. The molecule has 2 aliphatic heterocycles. The van der Waals surface area contributed by atoms with E-state index in [9.17, 15) is 9.59 Å². The Labute approximate surface area is 190 Å². The quantitative estimate of drug-likeness (QED) is 0.457. The molecule has 8 nitrogen and oxygen atoms in total. The molecule has 0 saturated heterocycles. The summed E-state index contributed by atoms with van der Waals surface area (Å²) in [6.45, 7) is 1.69. The Hall–Kier alpha value is -4.04. The first-order chi connectivity index (χ1) is 16.1. The number of fused-ring (bicyclic) bond motifs is 2. The predicted molar refractivity (Wildman–Crippen MR) is 128 cm³/mol. The van der Waals surface area contributed by atoms with Gasteiger partial charge in [0.15, 0.2) is 5.76 Å². The fraction of sp³-hybridized carbons (Fsp3) is 0.200. The van der Waals surface area contributed by atoms with Crippen molar-refractivity contribution in [3.05, 3.63) is 65.1 Å². The van der Waals surface area contributed by atoms with Crippen molar-refractivity contribution in [3.8, 4) is 11.5 Å². The highest BCUT2D eigenvalue weighted by molar-refractivity contribution is 6.16. The number of aromatic amines is 1. The lowest BCUT2D eigenvalue weighted by Crippen LogP contribution is -2.24. The number of hydrogen-bond donors (Lipinski definition) is 4. The fourth-order valence-corrected chi connectivity index (χ4v) is 4.16. The molecule has 5 rings (SSSR count). The Kier molecular flexibility index (Phi) is 5.35. The number of hydrogen-bond acceptors (Lipinski definition) is 5. The topological polar surface area (TPSA) is 104 Å². The van der Waals surface area contributed by atoms with E-state index in [1.807, 2.05) is 18.2 Å². The van der Waals surface area contributed by atoms with E-state index in [2.05, 4.69) is 27.0 Å². The van der Waals surface area contributed by atoms with Gasteiger partial charge >= 0.3 is 6.03 Å². The van der Waals surface area contributed by atoms with Crippen LogP contribution in [0.5, 0.6) is 11.5 Å². The summed E-state index contributed by atoms with van der Waals surface area (Å²) in [6.07, 6.45) is 4.84. The van der Waals surface area contributed by atoms with Crippen molar-refractivity contribution in [2.45, 2.75) is 6.42 Å². The highest BCUT2D eigenvalue weighted by Crippen LogP contribution is 2.37. The molecule has 168 valence electrons. The molecule has 0 bridgehead atoms. The van der Waals surface area contributed by atoms with Crippen LogP contribution in [0.15, 0.2) is 48.2 Å². The summed E-state index contributed by atoms with van der Waals surface area (Å²) < 4.78 is 11.4. The molecule has 0 radical (unpaired) electrons. The van der Waals surface area contributed by atoms with Gasteiger partial charge in [-0.2, -0.15) is 0 Å². The minimum Gasteiger partial charge on any atom is -0.497 e. The van der Waals surface area contributed by atoms with E-state index in [-0.39, 0.29) is 17.6 Å². The molecule has 33 heavy (non-hydrogen) atoms. The number of methoxy groups -OCH3 is 1. The minimum absolute atomic E-state index is 0.229. The zero-order valence-electron chi connectivity index (χ0n) is 18.4. The Morgan fingerprint density at radius 2 is 2.09 bits per heavy atom. The number of allylic oxidation sites excluding steroid dienone is 1. The number of urea groups is 1. The number of anilines is 1. The second kappa shape index (κ2) is 8.48. The van der Waals surface area contributed by atoms with Gasteiger partial charge in [-0.3, -0.25) is 4.79 Å². The molecular weight excluding hydrogens is 420 g/mol. The lowest BCUT2D eigenvalue weighted by molar-refractivity contribution is 0.101. The lowest BCUT2D eigenvalue weighted by atomic mass is 9.99. The standard InChI is InChI=1S/C25H24N4O4/c1-26-25(31)28-15-3-6-21-19(11-15)24(30)22(33-21)13-18-17-12-16(32-2)4-5-20(17)29-23(18)14-7-9-27-10-8-14/h3-7,11-13,27,29H,8-10H2,1-2H3,(H2,26,28,31)/b22-13-. The van der Waals surface area contributed by atoms with E-state index in [1.165, 1.54) is 12.6 Å². The van der Waals surface area contributed by atoms with Crippen LogP contribution in [-0.4, -0.2) is 44.0 Å². The summed E-state index contributed by atoms with van der Waals surface area (Å²) in [5.74, 6) is 1.21. The van der Waals surface area contributed by atoms with Crippen LogP contribution >= 0.6 is 0 Å². The number of benzene rings is 2. The molecule has 3 heterocycles. The van der Waals surface area contributed by atoms with Crippen LogP contribution in [0.3, 0.4) is 0 Å². The van der Waals surface area contributed by atoms with Crippen LogP contribution in [0.4, 0.5) is 10.5 Å². The average molecular weight is 444 g/mol. The fourth-order valence-electron chi connectivity index (χ4n) is 4.16. The Morgan fingerprint density at radius 1 is 1.21 bits per heavy atom. The number of H-pyrrole nitrogens is 1. The number of amides is 2. The molecule has 0 saturated carbocycles. The van der Waals surface area contributed by atoms with Crippen LogP contribution in [0.1, 0.15) is 28.0 Å². The maximum Gasteiger partial charge on any atom is 0.318 e. The van der Waals surface area contributed by atoms with E-state index in [0.29, 0.717) is 17.0 Å². The molecule has 0 unspecified atom stereocenters. The molecule has 2 amide bonds. The van der Waals surface area contributed by atoms with Crippen molar-refractivity contribution < 1.29 is 19.1 Å². The lowest BCUT2D eigenvalue weighted by Gasteiger charge is -2.14. The third kappa shape index (κ3) is 3.85. The van der Waals surface area contributed by atoms with Gasteiger partial charge in [0, 0.05) is 41.4 Å². The summed E-state index contributed by atoms with van der Waals surface area (Å²) in [7, 11) is 3.16. The first kappa shape index (κ1) is 20.8. The Morgan fingerprint density at radius 3 is 2.85 bits per heavy atom. The van der Waals surface area contributed by atoms with Crippen LogP contribution < -0.4 is 25.4 Å². The van der Waals surface area contributed by atoms with E-state index in [1.54, 1.807) is 31.4 Å². The number of carbonyl (C=O) groups is 2. The molecule has 3 aromatic rings. The van der Waals surface area contributed by atoms with Crippen molar-refractivity contribution >= 4 is 40.1 Å². The summed E-state index contributed by atoms with van der Waals surface area (Å²) in [5.41, 5.74) is 4.94. The molecular formula is C25H24N4O4. The number of ketones is 1. The zero-order valence-corrected chi connectivity index (χ0v) is 18.4. The summed E-state index contributed by atoms with van der Waals surface area (Å²) in [5, 5.41) is 9.46. The first-order valence-corrected chi connectivity index (χ1v) is 10.7. The highest BCUT2D eigenvalue weighted by Gasteiger charge is 2.29. The summed E-state index contributed by atoms with van der Waals surface area (Å²) in [6, 6.07) is 10.5. The number of nitrogens with one attached hydrogen (secondary N) is 4. The molecule has 0 atom stereocenters. The van der Waals surface area contributed by atoms with E-state index in [0.717, 1.165) is 47.4 Å². The Bertz CT molecular complexity index is 1340. The molecule has 8 heteroatoms. The summed E-state index contributed by atoms with van der Waals surface area (Å²) >= 11 is 0. The number of aromatic nitrogens is 1. The molecule has 0 fully saturated rings. The van der Waals surface area contributed by atoms with E-state index >= 15 is 0 Å². The Balaban J connectivity index is 1.58. The molecule has 1 aromatic heterocycles. The van der Waals surface area contributed by atoms with Crippen molar-refractivity contribution in [1.82, 2.24) is 15.6 Å². The second-order valence-corrected chi connectivity index (χ2v) is 7.86. The van der Waals surface area contributed by atoms with Gasteiger partial charge in [-0.1, -0.05) is 6.08 Å². The maximum absolute atomic E-state index is 13.2. The predicted octanol–water partition coefficient (Wildman–Crippen LogP) is 3.92. The largest absolute Gasteiger partial charge is 0.497 e. The minimum atomic E-state index is -0.357. The van der Waals surface area contributed by atoms with Gasteiger partial charge in [0.25, 0.3) is 0 Å². The van der Waals surface area contributed by atoms with E-state index in [4.69, 9.17) is 9.47 Å². The van der Waals surface area contributed by atoms with Crippen LogP contribution in [0.25, 0.3) is 22.6 Å². The SMILES string of the molecule is CNC(=O)Nc1ccc2c(c1)C(=O)/C(=C/c1c(C3=CCNCC3)[nH]c3ccc(OC)cc13)O2. The van der Waals surface area contributed by atoms with Crippen LogP contribution in [0, 0.1) is 0 Å². The number of carbonyl (C=O) groups excluding carboxylic acids is 2. The monoisotopic (exact) mass is 444 g/mol. The second-order valence-electron chi connectivity index (χ2n) is 7.86. The molecule has 2 aliphatic rings. The number of ether oxygens (including phenoxy) is 2. The average Bonchev–Trinajstić information content (AvgIpc) is 3.36. The van der Waals surface area contributed by atoms with Crippen LogP contribution in [0.2, 0.25) is 0 Å². The van der Waals surface area contributed by atoms with Crippen molar-refractivity contribution in [2.75, 3.05) is 32.6 Å². The zero-order chi connectivity index (χ0) is 22.9. The van der Waals surface area contributed by atoms with Gasteiger partial charge in [-0.15, -0.1) is 0 Å². The van der Waals surface area contributed by atoms with Gasteiger partial charge in [0.1, 0.15) is 11.5 Å². The third-order valence-electron chi connectivity index (χ3n) is 5.86. The number of rotatable bonds is 4. The summed E-state index contributed by atoms with van der Waals surface area (Å²) in [4.78, 5) is 28.3. The van der Waals surface area contributed by atoms with Gasteiger partial charge < -0.3 is 30.4 Å². The molecule has 2 aromatic carbocycles. The van der Waals surface area contributed by atoms with Crippen molar-refractivity contribution in [3.63, 3.8) is 0 Å². The normalized spacial score (nSPS) is 16.4. The molecule has 0 spiro atoms. The first-order valence-electron chi connectivity index (χ1n) is 10.7. The van der Waals surface area contributed by atoms with Gasteiger partial charge in [-0.05, 0) is 61.0 Å². The van der Waals surface area contributed by atoms with Gasteiger partial charge in [0.2, 0.25) is 5.78 Å². The molecule has 0 aliphatic carbocycles. The van der Waals surface area contributed by atoms with Crippen LogP contribution in [-0.2, 0) is 0 Å².